The highest BCUT2D eigenvalue weighted by Crippen LogP contribution is 2.09. The van der Waals surface area contributed by atoms with Crippen LogP contribution < -0.4 is 0 Å². The number of benzene rings is 2. The van der Waals surface area contributed by atoms with Crippen molar-refractivity contribution in [3.05, 3.63) is 71.8 Å². The first kappa shape index (κ1) is 16.7. The van der Waals surface area contributed by atoms with Crippen LogP contribution in [0.4, 0.5) is 0 Å². The molecule has 1 fully saturated rings. The van der Waals surface area contributed by atoms with E-state index >= 15 is 0 Å². The Morgan fingerprint density at radius 2 is 1.45 bits per heavy atom. The molecule has 3 heteroatoms. The fraction of sp³-hybridized carbons (Fsp3) is 0.368. The Balaban J connectivity index is 0.000000211. The number of ether oxygens (including phenoxy) is 2. The van der Waals surface area contributed by atoms with Gasteiger partial charge in [0.15, 0.2) is 0 Å². The Labute approximate surface area is 132 Å². The van der Waals surface area contributed by atoms with Crippen LogP contribution >= 0.6 is 0 Å². The molecule has 0 aromatic heterocycles. The molecule has 2 aromatic rings. The van der Waals surface area contributed by atoms with Crippen LogP contribution in [0.2, 0.25) is 0 Å². The van der Waals surface area contributed by atoms with Crippen molar-refractivity contribution >= 4 is 0 Å². The van der Waals surface area contributed by atoms with Crippen LogP contribution in [-0.2, 0) is 22.7 Å². The first-order chi connectivity index (χ1) is 10.9. The Morgan fingerprint density at radius 3 is 1.82 bits per heavy atom. The van der Waals surface area contributed by atoms with E-state index in [9.17, 15) is 0 Å². The summed E-state index contributed by atoms with van der Waals surface area (Å²) < 4.78 is 10.7. The Kier molecular flexibility index (Phi) is 7.67. The van der Waals surface area contributed by atoms with Gasteiger partial charge in [-0.15, -0.1) is 0 Å². The van der Waals surface area contributed by atoms with Crippen LogP contribution in [0.3, 0.4) is 0 Å². The van der Waals surface area contributed by atoms with Crippen molar-refractivity contribution in [2.75, 3.05) is 13.2 Å². The van der Waals surface area contributed by atoms with Gasteiger partial charge in [0.1, 0.15) is 0 Å². The van der Waals surface area contributed by atoms with Crippen molar-refractivity contribution in [2.45, 2.75) is 32.2 Å². The minimum atomic E-state index is 0.153. The highest BCUT2D eigenvalue weighted by molar-refractivity contribution is 5.15. The molecule has 2 aromatic carbocycles. The second-order valence-corrected chi connectivity index (χ2v) is 5.28. The van der Waals surface area contributed by atoms with Crippen LogP contribution in [-0.4, -0.2) is 24.4 Å². The zero-order valence-corrected chi connectivity index (χ0v) is 12.9. The van der Waals surface area contributed by atoms with Crippen LogP contribution in [0.5, 0.6) is 0 Å². The SMILES string of the molecule is OCC1CCCO1.c1ccc(COCc2ccccc2)cc1. The summed E-state index contributed by atoms with van der Waals surface area (Å²) in [6.45, 7) is 2.39. The Morgan fingerprint density at radius 1 is 0.909 bits per heavy atom. The summed E-state index contributed by atoms with van der Waals surface area (Å²) in [5, 5.41) is 8.44. The van der Waals surface area contributed by atoms with Gasteiger partial charge in [-0.3, -0.25) is 0 Å². The molecule has 0 amide bonds. The van der Waals surface area contributed by atoms with Gasteiger partial charge >= 0.3 is 0 Å². The van der Waals surface area contributed by atoms with Crippen LogP contribution in [0, 0.1) is 0 Å². The zero-order chi connectivity index (χ0) is 15.5. The molecular formula is C19H24O3. The van der Waals surface area contributed by atoms with Gasteiger partial charge in [-0.1, -0.05) is 60.7 Å². The fourth-order valence-electron chi connectivity index (χ4n) is 2.22. The van der Waals surface area contributed by atoms with E-state index in [1.807, 2.05) is 36.4 Å². The van der Waals surface area contributed by atoms with E-state index in [-0.39, 0.29) is 12.7 Å². The molecule has 1 aliphatic heterocycles. The van der Waals surface area contributed by atoms with Gasteiger partial charge in [0, 0.05) is 6.61 Å². The molecular weight excluding hydrogens is 276 g/mol. The van der Waals surface area contributed by atoms with Crippen molar-refractivity contribution in [3.8, 4) is 0 Å². The summed E-state index contributed by atoms with van der Waals surface area (Å²) in [6.07, 6.45) is 2.31. The number of hydrogen-bond donors (Lipinski definition) is 1. The molecule has 0 bridgehead atoms. The standard InChI is InChI=1S/C14H14O.C5H10O2/c1-3-7-13(8-4-1)11-15-12-14-9-5-2-6-10-14;6-4-5-2-1-3-7-5/h1-10H,11-12H2;5-6H,1-4H2. The summed E-state index contributed by atoms with van der Waals surface area (Å²) in [5.41, 5.74) is 2.43. The molecule has 0 saturated carbocycles. The molecule has 1 aliphatic rings. The lowest BCUT2D eigenvalue weighted by atomic mass is 10.2. The van der Waals surface area contributed by atoms with E-state index < -0.39 is 0 Å². The van der Waals surface area contributed by atoms with Crippen molar-refractivity contribution in [1.82, 2.24) is 0 Å². The smallest absolute Gasteiger partial charge is 0.0806 e. The highest BCUT2D eigenvalue weighted by atomic mass is 16.5. The van der Waals surface area contributed by atoms with E-state index in [2.05, 4.69) is 24.3 Å². The van der Waals surface area contributed by atoms with Crippen LogP contribution in [0.25, 0.3) is 0 Å². The largest absolute Gasteiger partial charge is 0.394 e. The van der Waals surface area contributed by atoms with Gasteiger partial charge in [-0.25, -0.2) is 0 Å². The maximum Gasteiger partial charge on any atom is 0.0806 e. The molecule has 22 heavy (non-hydrogen) atoms. The van der Waals surface area contributed by atoms with Crippen LogP contribution in [0.15, 0.2) is 60.7 Å². The number of aliphatic hydroxyl groups excluding tert-OH is 1. The van der Waals surface area contributed by atoms with Gasteiger partial charge in [0.25, 0.3) is 0 Å². The maximum absolute atomic E-state index is 8.44. The second kappa shape index (κ2) is 10.1. The summed E-state index contributed by atoms with van der Waals surface area (Å²) in [5.74, 6) is 0. The first-order valence-electron chi connectivity index (χ1n) is 7.76. The molecule has 0 aliphatic carbocycles. The van der Waals surface area contributed by atoms with Gasteiger partial charge in [0.2, 0.25) is 0 Å². The predicted octanol–water partition coefficient (Wildman–Crippen LogP) is 3.56. The van der Waals surface area contributed by atoms with Crippen molar-refractivity contribution in [3.63, 3.8) is 0 Å². The van der Waals surface area contributed by atoms with E-state index in [0.717, 1.165) is 19.4 Å². The average molecular weight is 300 g/mol. The molecule has 3 nitrogen and oxygen atoms in total. The number of hydrogen-bond acceptors (Lipinski definition) is 3. The molecule has 1 heterocycles. The summed E-state index contributed by atoms with van der Waals surface area (Å²) in [6, 6.07) is 20.4. The van der Waals surface area contributed by atoms with Gasteiger partial charge in [0.05, 0.1) is 25.9 Å². The lowest BCUT2D eigenvalue weighted by Crippen LogP contribution is -2.09. The van der Waals surface area contributed by atoms with Crippen LogP contribution in [0.1, 0.15) is 24.0 Å². The molecule has 1 atom stereocenters. The first-order valence-corrected chi connectivity index (χ1v) is 7.76. The predicted molar refractivity (Wildman–Crippen MR) is 87.4 cm³/mol. The van der Waals surface area contributed by atoms with E-state index in [1.165, 1.54) is 11.1 Å². The second-order valence-electron chi connectivity index (χ2n) is 5.28. The molecule has 1 unspecified atom stereocenters. The van der Waals surface area contributed by atoms with Gasteiger partial charge < -0.3 is 14.6 Å². The van der Waals surface area contributed by atoms with Gasteiger partial charge in [-0.2, -0.15) is 0 Å². The minimum absolute atomic E-state index is 0.153. The third-order valence-corrected chi connectivity index (χ3v) is 3.45. The quantitative estimate of drug-likeness (QED) is 0.917. The monoisotopic (exact) mass is 300 g/mol. The maximum atomic E-state index is 8.44. The molecule has 0 radical (unpaired) electrons. The molecule has 118 valence electrons. The third kappa shape index (κ3) is 6.39. The van der Waals surface area contributed by atoms with Gasteiger partial charge in [-0.05, 0) is 24.0 Å². The van der Waals surface area contributed by atoms with Crippen molar-refractivity contribution < 1.29 is 14.6 Å². The number of aliphatic hydroxyl groups is 1. The highest BCUT2D eigenvalue weighted by Gasteiger charge is 2.12. The molecule has 0 spiro atoms. The average Bonchev–Trinajstić information content (AvgIpc) is 3.11. The van der Waals surface area contributed by atoms with E-state index in [1.54, 1.807) is 0 Å². The third-order valence-electron chi connectivity index (χ3n) is 3.45. The molecule has 1 N–H and O–H groups in total. The lowest BCUT2D eigenvalue weighted by Gasteiger charge is -2.03. The van der Waals surface area contributed by atoms with Crippen molar-refractivity contribution in [2.24, 2.45) is 0 Å². The molecule has 1 saturated heterocycles. The Hall–Kier alpha value is -1.68. The summed E-state index contributed by atoms with van der Waals surface area (Å²) in [4.78, 5) is 0. The fourth-order valence-corrected chi connectivity index (χ4v) is 2.22. The number of rotatable bonds is 5. The Bertz CT molecular complexity index is 453. The lowest BCUT2D eigenvalue weighted by molar-refractivity contribution is 0.0591. The topological polar surface area (TPSA) is 38.7 Å². The summed E-state index contributed by atoms with van der Waals surface area (Å²) in [7, 11) is 0. The van der Waals surface area contributed by atoms with Crippen molar-refractivity contribution in [1.29, 1.82) is 0 Å². The zero-order valence-electron chi connectivity index (χ0n) is 12.9. The van der Waals surface area contributed by atoms with E-state index in [0.29, 0.717) is 13.2 Å². The normalized spacial score (nSPS) is 16.9. The molecule has 3 rings (SSSR count). The van der Waals surface area contributed by atoms with E-state index in [4.69, 9.17) is 14.6 Å². The minimum Gasteiger partial charge on any atom is -0.394 e. The summed E-state index contributed by atoms with van der Waals surface area (Å²) >= 11 is 0.